The Morgan fingerprint density at radius 3 is 2.16 bits per heavy atom. The summed E-state index contributed by atoms with van der Waals surface area (Å²) < 4.78 is 76.2. The number of pyridine rings is 1. The van der Waals surface area contributed by atoms with Crippen LogP contribution in [-0.2, 0) is 6.18 Å². The molecule has 1 aromatic heterocycles. The number of ether oxygens (including phenoxy) is 1. The molecule has 0 N–H and O–H groups in total. The monoisotopic (exact) mass is 402 g/mol. The average molecular weight is 402 g/mol. The molecule has 0 saturated heterocycles. The first-order valence-corrected chi connectivity index (χ1v) is 5.17. The van der Waals surface area contributed by atoms with E-state index in [2.05, 4.69) is 9.72 Å². The lowest BCUT2D eigenvalue weighted by Crippen LogP contribution is -2.21. The van der Waals surface area contributed by atoms with Gasteiger partial charge in [-0.2, -0.15) is 13.2 Å². The summed E-state index contributed by atoms with van der Waals surface area (Å²) >= 11 is 1.11. The number of alkyl halides is 6. The summed E-state index contributed by atoms with van der Waals surface area (Å²) in [5, 5.41) is 10.5. The summed E-state index contributed by atoms with van der Waals surface area (Å²) in [5.41, 5.74) is -3.72. The number of halogens is 7. The Bertz CT molecular complexity index is 515. The summed E-state index contributed by atoms with van der Waals surface area (Å²) in [7, 11) is 0. The first-order chi connectivity index (χ1) is 8.43. The maximum atomic E-state index is 12.6. The van der Waals surface area contributed by atoms with E-state index in [4.69, 9.17) is 0 Å². The van der Waals surface area contributed by atoms with E-state index in [9.17, 15) is 36.5 Å². The number of hydrogen-bond donors (Lipinski definition) is 0. The first kappa shape index (κ1) is 15.7. The molecule has 0 aliphatic rings. The second-order valence-electron chi connectivity index (χ2n) is 2.94. The molecule has 0 fully saturated rings. The van der Waals surface area contributed by atoms with E-state index in [0.29, 0.717) is 0 Å². The van der Waals surface area contributed by atoms with Crippen molar-refractivity contribution in [2.45, 2.75) is 12.5 Å². The minimum absolute atomic E-state index is 0.130. The Morgan fingerprint density at radius 1 is 1.26 bits per heavy atom. The third kappa shape index (κ3) is 3.81. The summed E-state index contributed by atoms with van der Waals surface area (Å²) in [5.74, 6) is -1.77. The zero-order chi connectivity index (χ0) is 15.0. The van der Waals surface area contributed by atoms with Crippen LogP contribution in [0.1, 0.15) is 5.56 Å². The number of nitrogens with zero attached hydrogens (tertiary/aromatic N) is 2. The van der Waals surface area contributed by atoms with Crippen molar-refractivity contribution < 1.29 is 36.0 Å². The third-order valence-corrected chi connectivity index (χ3v) is 2.45. The van der Waals surface area contributed by atoms with Gasteiger partial charge in [0.1, 0.15) is 0 Å². The Hall–Kier alpha value is -1.34. The molecule has 1 heterocycles. The lowest BCUT2D eigenvalue weighted by molar-refractivity contribution is -0.389. The van der Waals surface area contributed by atoms with Gasteiger partial charge >= 0.3 is 18.2 Å². The fourth-order valence-electron chi connectivity index (χ4n) is 1.10. The Kier molecular flexibility index (Phi) is 4.11. The fraction of sp³-hybridized carbons (Fsp3) is 0.286. The molecule has 0 aliphatic heterocycles. The molecule has 0 saturated carbocycles. The van der Waals surface area contributed by atoms with Gasteiger partial charge in [-0.3, -0.25) is 10.1 Å². The highest BCUT2D eigenvalue weighted by Gasteiger charge is 2.46. The van der Waals surface area contributed by atoms with Crippen molar-refractivity contribution in [3.05, 3.63) is 25.6 Å². The van der Waals surface area contributed by atoms with Crippen molar-refractivity contribution in [1.29, 1.82) is 0 Å². The smallest absolute Gasteiger partial charge is 0.403 e. The average Bonchev–Trinajstić information content (AvgIpc) is 2.15. The van der Waals surface area contributed by atoms with Gasteiger partial charge in [0.05, 0.1) is 11.1 Å². The molecule has 1 rings (SSSR count). The van der Waals surface area contributed by atoms with Gasteiger partial charge in [-0.25, -0.2) is 4.98 Å². The van der Waals surface area contributed by atoms with E-state index in [1.807, 2.05) is 0 Å². The zero-order valence-corrected chi connectivity index (χ0v) is 10.5. The fourth-order valence-corrected chi connectivity index (χ4v) is 1.71. The van der Waals surface area contributed by atoms with Gasteiger partial charge in [-0.1, -0.05) is 0 Å². The van der Waals surface area contributed by atoms with Crippen molar-refractivity contribution in [3.63, 3.8) is 0 Å². The molecule has 12 heteroatoms. The molecule has 0 bridgehead atoms. The van der Waals surface area contributed by atoms with Crippen LogP contribution in [0.4, 0.5) is 32.0 Å². The van der Waals surface area contributed by atoms with Crippen LogP contribution in [0.2, 0.25) is 0 Å². The van der Waals surface area contributed by atoms with Crippen molar-refractivity contribution in [3.8, 4) is 5.75 Å². The van der Waals surface area contributed by atoms with E-state index < -0.39 is 38.2 Å². The molecule has 0 spiro atoms. The molecular formula is C7HF6IN2O3. The van der Waals surface area contributed by atoms with E-state index in [0.717, 1.165) is 22.6 Å². The molecule has 0 amide bonds. The van der Waals surface area contributed by atoms with Gasteiger partial charge in [0, 0.05) is 0 Å². The molecule has 19 heavy (non-hydrogen) atoms. The minimum atomic E-state index is -5.43. The summed E-state index contributed by atoms with van der Waals surface area (Å²) in [4.78, 5) is 12.1. The lowest BCUT2D eigenvalue weighted by Gasteiger charge is -2.15. The summed E-state index contributed by atoms with van der Waals surface area (Å²) in [6.07, 6.45) is -10.7. The quantitative estimate of drug-likeness (QED) is 0.250. The molecule has 0 aliphatic carbocycles. The summed E-state index contributed by atoms with van der Waals surface area (Å²) in [6, 6.07) is 0. The molecule has 0 radical (unpaired) electrons. The maximum Gasteiger partial charge on any atom is 0.573 e. The number of hydrogen-bond acceptors (Lipinski definition) is 4. The van der Waals surface area contributed by atoms with Crippen LogP contribution >= 0.6 is 22.6 Å². The highest BCUT2D eigenvalue weighted by molar-refractivity contribution is 14.1. The molecule has 0 unspecified atom stereocenters. The molecule has 0 atom stereocenters. The number of nitro groups is 1. The predicted octanol–water partition coefficient (Wildman–Crippen LogP) is 3.51. The van der Waals surface area contributed by atoms with Crippen molar-refractivity contribution in [2.24, 2.45) is 0 Å². The minimum Gasteiger partial charge on any atom is -0.403 e. The second-order valence-corrected chi connectivity index (χ2v) is 3.96. The zero-order valence-electron chi connectivity index (χ0n) is 8.34. The highest BCUT2D eigenvalue weighted by Crippen LogP contribution is 2.44. The largest absolute Gasteiger partial charge is 0.573 e. The van der Waals surface area contributed by atoms with Gasteiger partial charge in [-0.05, 0) is 22.6 Å². The summed E-state index contributed by atoms with van der Waals surface area (Å²) in [6.45, 7) is 0. The van der Waals surface area contributed by atoms with Gasteiger partial charge in [-0.15, -0.1) is 13.2 Å². The van der Waals surface area contributed by atoms with E-state index in [1.54, 1.807) is 0 Å². The highest BCUT2D eigenvalue weighted by atomic mass is 127. The molecule has 5 nitrogen and oxygen atoms in total. The number of aromatic nitrogens is 1. The van der Waals surface area contributed by atoms with E-state index in [-0.39, 0.29) is 6.20 Å². The third-order valence-electron chi connectivity index (χ3n) is 1.67. The van der Waals surface area contributed by atoms with E-state index in [1.165, 1.54) is 0 Å². The van der Waals surface area contributed by atoms with Crippen molar-refractivity contribution >= 4 is 28.3 Å². The van der Waals surface area contributed by atoms with Crippen molar-refractivity contribution in [1.82, 2.24) is 4.98 Å². The van der Waals surface area contributed by atoms with Crippen LogP contribution < -0.4 is 4.74 Å². The normalized spacial score (nSPS) is 12.4. The van der Waals surface area contributed by atoms with Crippen LogP contribution in [0.15, 0.2) is 6.20 Å². The Balaban J connectivity index is 3.57. The van der Waals surface area contributed by atoms with Crippen LogP contribution in [-0.4, -0.2) is 16.3 Å². The standard InChI is InChI=1S/C7HF6IN2O3/c8-6(9,10)3-2(19-7(11,12)13)1-15-5(14)4(3)16(17)18/h1H. The van der Waals surface area contributed by atoms with Gasteiger partial charge < -0.3 is 4.74 Å². The van der Waals surface area contributed by atoms with Crippen LogP contribution in [0.25, 0.3) is 0 Å². The van der Waals surface area contributed by atoms with E-state index >= 15 is 0 Å². The molecular weight excluding hydrogens is 401 g/mol. The Morgan fingerprint density at radius 2 is 1.79 bits per heavy atom. The lowest BCUT2D eigenvalue weighted by atomic mass is 10.2. The van der Waals surface area contributed by atoms with Crippen LogP contribution in [0, 0.1) is 13.8 Å². The molecule has 1 aromatic rings. The topological polar surface area (TPSA) is 65.3 Å². The first-order valence-electron chi connectivity index (χ1n) is 4.09. The Labute approximate surface area is 113 Å². The molecule has 0 aromatic carbocycles. The van der Waals surface area contributed by atoms with Gasteiger partial charge in [0.15, 0.2) is 15.0 Å². The SMILES string of the molecule is O=[N+]([O-])c1c(I)ncc(OC(F)(F)F)c1C(F)(F)F. The second kappa shape index (κ2) is 4.97. The van der Waals surface area contributed by atoms with Gasteiger partial charge in [0.2, 0.25) is 0 Å². The molecule has 106 valence electrons. The van der Waals surface area contributed by atoms with Gasteiger partial charge in [0.25, 0.3) is 0 Å². The number of rotatable bonds is 2. The van der Waals surface area contributed by atoms with Crippen LogP contribution in [0.3, 0.4) is 0 Å². The van der Waals surface area contributed by atoms with Crippen LogP contribution in [0.5, 0.6) is 5.75 Å². The maximum absolute atomic E-state index is 12.6. The van der Waals surface area contributed by atoms with Crippen molar-refractivity contribution in [2.75, 3.05) is 0 Å². The predicted molar refractivity (Wildman–Crippen MR) is 55.3 cm³/mol.